The van der Waals surface area contributed by atoms with Crippen LogP contribution in [-0.2, 0) is 9.59 Å². The van der Waals surface area contributed by atoms with E-state index in [0.29, 0.717) is 16.9 Å². The molecule has 3 rings (SSSR count). The average molecular weight is 345 g/mol. The first-order chi connectivity index (χ1) is 12.0. The van der Waals surface area contributed by atoms with Crippen molar-refractivity contribution >= 4 is 23.2 Å². The molecular weight excluding hydrogens is 328 g/mol. The molecule has 1 heterocycles. The molecule has 1 aliphatic rings. The Labute approximate surface area is 143 Å². The van der Waals surface area contributed by atoms with E-state index in [0.717, 1.165) is 12.1 Å². The Morgan fingerprint density at radius 2 is 2.00 bits per heavy atom. The number of carbonyl (C=O) groups is 2. The number of hydrogen-bond acceptors (Lipinski definition) is 3. The van der Waals surface area contributed by atoms with Gasteiger partial charge in [-0.05, 0) is 36.8 Å². The normalized spacial score (nSPS) is 14.7. The number of carbonyl (C=O) groups excluding carboxylic acids is 2. The number of fused-ring (bicyclic) bond motifs is 1. The Bertz CT molecular complexity index is 826. The molecule has 2 aromatic rings. The van der Waals surface area contributed by atoms with Gasteiger partial charge >= 0.3 is 0 Å². The molecule has 0 spiro atoms. The van der Waals surface area contributed by atoms with Crippen LogP contribution in [0.5, 0.6) is 0 Å². The lowest BCUT2D eigenvalue weighted by Gasteiger charge is -2.29. The number of nitrogens with zero attached hydrogens (tertiary/aromatic N) is 1. The fraction of sp³-hybridized carbons (Fsp3) is 0.222. The molecule has 1 aliphatic heterocycles. The molecular formula is C18H17F2N3O2. The molecule has 0 unspecified atom stereocenters. The largest absolute Gasteiger partial charge is 0.323 e. The molecule has 2 aromatic carbocycles. The maximum atomic E-state index is 13.3. The number of hydrogen-bond donors (Lipinski definition) is 2. The van der Waals surface area contributed by atoms with Gasteiger partial charge in [0.25, 0.3) is 0 Å². The molecule has 0 fully saturated rings. The number of amides is 2. The SMILES string of the molecule is C[C@H](NCC(=O)N1CC(=O)Nc2ccccc21)c1ccc(F)c(F)c1. The summed E-state index contributed by atoms with van der Waals surface area (Å²) in [7, 11) is 0. The Hall–Kier alpha value is -2.80. The number of para-hydroxylation sites is 2. The van der Waals surface area contributed by atoms with Crippen LogP contribution in [0.2, 0.25) is 0 Å². The van der Waals surface area contributed by atoms with Gasteiger partial charge in [-0.2, -0.15) is 0 Å². The Balaban J connectivity index is 1.68. The minimum atomic E-state index is -0.931. The van der Waals surface area contributed by atoms with Crippen molar-refractivity contribution in [2.45, 2.75) is 13.0 Å². The van der Waals surface area contributed by atoms with Crippen LogP contribution in [0.1, 0.15) is 18.5 Å². The van der Waals surface area contributed by atoms with Gasteiger partial charge in [0.15, 0.2) is 11.6 Å². The summed E-state index contributed by atoms with van der Waals surface area (Å²) >= 11 is 0. The smallest absolute Gasteiger partial charge is 0.244 e. The summed E-state index contributed by atoms with van der Waals surface area (Å²) in [6.45, 7) is 1.65. The number of rotatable bonds is 4. The summed E-state index contributed by atoms with van der Waals surface area (Å²) in [6, 6.07) is 10.3. The third kappa shape index (κ3) is 3.66. The highest BCUT2D eigenvalue weighted by Gasteiger charge is 2.26. The molecule has 5 nitrogen and oxygen atoms in total. The van der Waals surface area contributed by atoms with Crippen LogP contribution in [-0.4, -0.2) is 24.9 Å². The van der Waals surface area contributed by atoms with Crippen molar-refractivity contribution in [2.24, 2.45) is 0 Å². The molecule has 0 bridgehead atoms. The zero-order valence-electron chi connectivity index (χ0n) is 13.6. The molecule has 7 heteroatoms. The van der Waals surface area contributed by atoms with Gasteiger partial charge in [0.2, 0.25) is 11.8 Å². The van der Waals surface area contributed by atoms with Gasteiger partial charge in [-0.25, -0.2) is 8.78 Å². The first-order valence-electron chi connectivity index (χ1n) is 7.83. The number of halogens is 2. The van der Waals surface area contributed by atoms with Crippen LogP contribution in [0.15, 0.2) is 42.5 Å². The van der Waals surface area contributed by atoms with Gasteiger partial charge in [0, 0.05) is 6.04 Å². The predicted octanol–water partition coefficient (Wildman–Crippen LogP) is 2.60. The Kier molecular flexibility index (Phi) is 4.76. The first kappa shape index (κ1) is 17.0. The van der Waals surface area contributed by atoms with Crippen molar-refractivity contribution in [1.82, 2.24) is 5.32 Å². The van der Waals surface area contributed by atoms with Gasteiger partial charge in [-0.1, -0.05) is 18.2 Å². The van der Waals surface area contributed by atoms with Crippen LogP contribution >= 0.6 is 0 Å². The zero-order valence-corrected chi connectivity index (χ0v) is 13.6. The van der Waals surface area contributed by atoms with Crippen molar-refractivity contribution in [3.8, 4) is 0 Å². The van der Waals surface area contributed by atoms with Crippen molar-refractivity contribution < 1.29 is 18.4 Å². The Morgan fingerprint density at radius 1 is 1.24 bits per heavy atom. The monoisotopic (exact) mass is 345 g/mol. The van der Waals surface area contributed by atoms with Crippen LogP contribution < -0.4 is 15.5 Å². The summed E-state index contributed by atoms with van der Waals surface area (Å²) in [5.41, 5.74) is 1.75. The maximum Gasteiger partial charge on any atom is 0.244 e. The van der Waals surface area contributed by atoms with Crippen LogP contribution in [0.25, 0.3) is 0 Å². The highest BCUT2D eigenvalue weighted by Crippen LogP contribution is 2.28. The zero-order chi connectivity index (χ0) is 18.0. The third-order valence-corrected chi connectivity index (χ3v) is 4.07. The molecule has 0 aromatic heterocycles. The second kappa shape index (κ2) is 6.98. The molecule has 1 atom stereocenters. The quantitative estimate of drug-likeness (QED) is 0.895. The van der Waals surface area contributed by atoms with E-state index in [9.17, 15) is 18.4 Å². The fourth-order valence-corrected chi connectivity index (χ4v) is 2.69. The lowest BCUT2D eigenvalue weighted by Crippen LogP contribution is -2.46. The van der Waals surface area contributed by atoms with Gasteiger partial charge in [-0.15, -0.1) is 0 Å². The topological polar surface area (TPSA) is 61.4 Å². The molecule has 0 saturated heterocycles. The standard InChI is InChI=1S/C18H17F2N3O2/c1-11(12-6-7-13(19)14(20)8-12)21-9-18(25)23-10-17(24)22-15-4-2-3-5-16(15)23/h2-8,11,21H,9-10H2,1H3,(H,22,24)/t11-/m0/s1. The van der Waals surface area contributed by atoms with E-state index in [1.165, 1.54) is 11.0 Å². The first-order valence-corrected chi connectivity index (χ1v) is 7.83. The lowest BCUT2D eigenvalue weighted by molar-refractivity contribution is -0.121. The summed E-state index contributed by atoms with van der Waals surface area (Å²) in [5.74, 6) is -2.39. The maximum absolute atomic E-state index is 13.3. The van der Waals surface area contributed by atoms with Crippen LogP contribution in [0.3, 0.4) is 0 Å². The summed E-state index contributed by atoms with van der Waals surface area (Å²) in [5, 5.41) is 5.69. The van der Waals surface area contributed by atoms with E-state index in [-0.39, 0.29) is 30.9 Å². The van der Waals surface area contributed by atoms with Gasteiger partial charge in [-0.3, -0.25) is 14.5 Å². The number of nitrogens with one attached hydrogen (secondary N) is 2. The highest BCUT2D eigenvalue weighted by atomic mass is 19.2. The van der Waals surface area contributed by atoms with Gasteiger partial charge < -0.3 is 10.6 Å². The lowest BCUT2D eigenvalue weighted by atomic mass is 10.1. The minimum Gasteiger partial charge on any atom is -0.323 e. The fourth-order valence-electron chi connectivity index (χ4n) is 2.69. The highest BCUT2D eigenvalue weighted by molar-refractivity contribution is 6.10. The molecule has 0 aliphatic carbocycles. The molecule has 0 radical (unpaired) electrons. The number of benzene rings is 2. The molecule has 130 valence electrons. The molecule has 2 amide bonds. The third-order valence-electron chi connectivity index (χ3n) is 4.07. The summed E-state index contributed by atoms with van der Waals surface area (Å²) < 4.78 is 26.3. The van der Waals surface area contributed by atoms with E-state index < -0.39 is 11.6 Å². The second-order valence-electron chi connectivity index (χ2n) is 5.82. The molecule has 25 heavy (non-hydrogen) atoms. The van der Waals surface area contributed by atoms with E-state index in [1.54, 1.807) is 31.2 Å². The van der Waals surface area contributed by atoms with Gasteiger partial charge in [0.05, 0.1) is 17.9 Å². The summed E-state index contributed by atoms with van der Waals surface area (Å²) in [4.78, 5) is 25.7. The second-order valence-corrected chi connectivity index (χ2v) is 5.82. The Morgan fingerprint density at radius 3 is 2.76 bits per heavy atom. The van der Waals surface area contributed by atoms with Crippen LogP contribution in [0.4, 0.5) is 20.2 Å². The van der Waals surface area contributed by atoms with Crippen molar-refractivity contribution in [1.29, 1.82) is 0 Å². The molecule has 0 saturated carbocycles. The number of anilines is 2. The minimum absolute atomic E-state index is 0.0399. The van der Waals surface area contributed by atoms with Crippen molar-refractivity contribution in [3.05, 3.63) is 59.7 Å². The van der Waals surface area contributed by atoms with E-state index in [4.69, 9.17) is 0 Å². The van der Waals surface area contributed by atoms with E-state index in [2.05, 4.69) is 10.6 Å². The van der Waals surface area contributed by atoms with E-state index >= 15 is 0 Å². The van der Waals surface area contributed by atoms with Gasteiger partial charge in [0.1, 0.15) is 6.54 Å². The predicted molar refractivity (Wildman–Crippen MR) is 90.2 cm³/mol. The average Bonchev–Trinajstić information content (AvgIpc) is 2.60. The molecule has 2 N–H and O–H groups in total. The van der Waals surface area contributed by atoms with Crippen molar-refractivity contribution in [2.75, 3.05) is 23.3 Å². The van der Waals surface area contributed by atoms with Crippen LogP contribution in [0, 0.1) is 11.6 Å². The summed E-state index contributed by atoms with van der Waals surface area (Å²) in [6.07, 6.45) is 0. The van der Waals surface area contributed by atoms with Crippen molar-refractivity contribution in [3.63, 3.8) is 0 Å². The van der Waals surface area contributed by atoms with E-state index in [1.807, 2.05) is 0 Å².